The van der Waals surface area contributed by atoms with Crippen LogP contribution >= 0.6 is 0 Å². The van der Waals surface area contributed by atoms with Crippen LogP contribution in [0.5, 0.6) is 5.88 Å². The summed E-state index contributed by atoms with van der Waals surface area (Å²) in [4.78, 5) is 19.3. The van der Waals surface area contributed by atoms with E-state index in [1.165, 1.54) is 6.08 Å². The summed E-state index contributed by atoms with van der Waals surface area (Å²) in [6.45, 7) is -0.149. The van der Waals surface area contributed by atoms with Crippen LogP contribution in [0.4, 0.5) is 8.78 Å². The molecule has 0 fully saturated rings. The van der Waals surface area contributed by atoms with Crippen molar-refractivity contribution in [2.75, 3.05) is 12.4 Å². The molecule has 22 heavy (non-hydrogen) atoms. The average Bonchev–Trinajstić information content (AvgIpc) is 2.75. The molecule has 7 nitrogen and oxygen atoms in total. The predicted molar refractivity (Wildman–Crippen MR) is 72.3 cm³/mol. The first-order chi connectivity index (χ1) is 10.1. The smallest absolute Gasteiger partial charge is 0.278 e. The second kappa shape index (κ2) is 5.95. The lowest BCUT2D eigenvalue weighted by atomic mass is 10.3. The Morgan fingerprint density at radius 1 is 1.45 bits per heavy atom. The van der Waals surface area contributed by atoms with E-state index in [0.717, 1.165) is 17.8 Å². The molecule has 1 aliphatic heterocycles. The van der Waals surface area contributed by atoms with Crippen LogP contribution in [0.1, 0.15) is 17.4 Å². The standard InChI is InChI=1S/C12H13F2N3O4S/c1-12(13,14)7-21-10-5-15-9(4-16-10)11(18)17-8-2-3-22(19,20)6-8/h2-5,8H,6-7H2,1H3,(H,17,18). The third kappa shape index (κ3) is 4.72. The second-order valence-electron chi connectivity index (χ2n) is 4.84. The van der Waals surface area contributed by atoms with Gasteiger partial charge in [0.25, 0.3) is 11.8 Å². The fourth-order valence-electron chi connectivity index (χ4n) is 1.62. The average molecular weight is 333 g/mol. The monoisotopic (exact) mass is 333 g/mol. The number of nitrogens with one attached hydrogen (secondary N) is 1. The molecular weight excluding hydrogens is 320 g/mol. The molecule has 120 valence electrons. The summed E-state index contributed by atoms with van der Waals surface area (Å²) in [6.07, 6.45) is 3.47. The molecule has 2 rings (SSSR count). The summed E-state index contributed by atoms with van der Waals surface area (Å²) in [5, 5.41) is 3.49. The zero-order chi connectivity index (χ0) is 16.4. The van der Waals surface area contributed by atoms with Gasteiger partial charge in [-0.3, -0.25) is 4.79 Å². The van der Waals surface area contributed by atoms with E-state index >= 15 is 0 Å². The molecule has 1 amide bonds. The minimum absolute atomic E-state index is 0.0756. The predicted octanol–water partition coefficient (Wildman–Crippen LogP) is 0.551. The summed E-state index contributed by atoms with van der Waals surface area (Å²) < 4.78 is 52.4. The van der Waals surface area contributed by atoms with Gasteiger partial charge < -0.3 is 10.1 Å². The first kappa shape index (κ1) is 16.3. The van der Waals surface area contributed by atoms with Gasteiger partial charge in [0.1, 0.15) is 5.69 Å². The lowest BCUT2D eigenvalue weighted by Gasteiger charge is -2.11. The fourth-order valence-corrected chi connectivity index (χ4v) is 2.85. The number of hydrogen-bond acceptors (Lipinski definition) is 6. The number of amides is 1. The highest BCUT2D eigenvalue weighted by molar-refractivity contribution is 7.94. The molecule has 1 aliphatic rings. The van der Waals surface area contributed by atoms with Crippen molar-refractivity contribution in [3.63, 3.8) is 0 Å². The number of carbonyl (C=O) groups excluding carboxylic acids is 1. The Balaban J connectivity index is 1.93. The summed E-state index contributed by atoms with van der Waals surface area (Å²) in [5.74, 6) is -3.97. The SMILES string of the molecule is CC(F)(F)COc1cnc(C(=O)NC2C=CS(=O)(=O)C2)cn1. The lowest BCUT2D eigenvalue weighted by Crippen LogP contribution is -2.36. The number of aromatic nitrogens is 2. The quantitative estimate of drug-likeness (QED) is 0.845. The van der Waals surface area contributed by atoms with E-state index in [2.05, 4.69) is 15.3 Å². The van der Waals surface area contributed by atoms with Gasteiger partial charge in [-0.1, -0.05) is 0 Å². The first-order valence-corrected chi connectivity index (χ1v) is 7.91. The molecule has 2 heterocycles. The van der Waals surface area contributed by atoms with E-state index in [1.54, 1.807) is 0 Å². The Kier molecular flexibility index (Phi) is 4.40. The zero-order valence-corrected chi connectivity index (χ0v) is 12.3. The number of rotatable bonds is 5. The summed E-state index contributed by atoms with van der Waals surface area (Å²) in [6, 6.07) is -0.631. The molecule has 0 bridgehead atoms. The highest BCUT2D eigenvalue weighted by Gasteiger charge is 2.24. The molecule has 0 aromatic carbocycles. The number of nitrogens with zero attached hydrogens (tertiary/aromatic N) is 2. The van der Waals surface area contributed by atoms with E-state index in [9.17, 15) is 22.0 Å². The number of carbonyl (C=O) groups is 1. The van der Waals surface area contributed by atoms with Crippen LogP contribution in [0, 0.1) is 0 Å². The Bertz CT molecular complexity index is 683. The molecule has 0 spiro atoms. The van der Waals surface area contributed by atoms with E-state index in [4.69, 9.17) is 4.74 Å². The molecule has 0 saturated carbocycles. The van der Waals surface area contributed by atoms with Gasteiger partial charge in [-0.2, -0.15) is 0 Å². The van der Waals surface area contributed by atoms with Crippen LogP contribution in [0.3, 0.4) is 0 Å². The Morgan fingerprint density at radius 3 is 2.68 bits per heavy atom. The molecule has 0 saturated heterocycles. The van der Waals surface area contributed by atoms with Gasteiger partial charge >= 0.3 is 0 Å². The maximum Gasteiger partial charge on any atom is 0.278 e. The van der Waals surface area contributed by atoms with Gasteiger partial charge in [0.05, 0.1) is 24.2 Å². The highest BCUT2D eigenvalue weighted by Crippen LogP contribution is 2.14. The minimum Gasteiger partial charge on any atom is -0.470 e. The number of alkyl halides is 2. The van der Waals surface area contributed by atoms with Gasteiger partial charge in [-0.25, -0.2) is 27.2 Å². The molecule has 1 unspecified atom stereocenters. The lowest BCUT2D eigenvalue weighted by molar-refractivity contribution is -0.0243. The molecule has 1 aromatic heterocycles. The highest BCUT2D eigenvalue weighted by atomic mass is 32.2. The third-order valence-corrected chi connectivity index (χ3v) is 3.98. The van der Waals surface area contributed by atoms with Crippen LogP contribution in [0.15, 0.2) is 23.9 Å². The Labute approximate surface area is 125 Å². The van der Waals surface area contributed by atoms with Crippen molar-refractivity contribution in [3.8, 4) is 5.88 Å². The summed E-state index contributed by atoms with van der Waals surface area (Å²) in [5.41, 5.74) is -0.0756. The van der Waals surface area contributed by atoms with Gasteiger partial charge in [-0.05, 0) is 6.08 Å². The van der Waals surface area contributed by atoms with Crippen LogP contribution in [-0.4, -0.2) is 48.6 Å². The molecule has 1 N–H and O–H groups in total. The van der Waals surface area contributed by atoms with E-state index < -0.39 is 34.3 Å². The number of ether oxygens (including phenoxy) is 1. The van der Waals surface area contributed by atoms with Crippen molar-refractivity contribution in [2.24, 2.45) is 0 Å². The van der Waals surface area contributed by atoms with Crippen molar-refractivity contribution in [3.05, 3.63) is 29.6 Å². The fraction of sp³-hybridized carbons (Fsp3) is 0.417. The van der Waals surface area contributed by atoms with Crippen LogP contribution < -0.4 is 10.1 Å². The largest absolute Gasteiger partial charge is 0.470 e. The van der Waals surface area contributed by atoms with Crippen molar-refractivity contribution >= 4 is 15.7 Å². The molecule has 1 aromatic rings. The van der Waals surface area contributed by atoms with Gasteiger partial charge in [0, 0.05) is 12.3 Å². The van der Waals surface area contributed by atoms with Crippen molar-refractivity contribution < 1.29 is 26.7 Å². The number of sulfone groups is 1. The molecule has 1 atom stereocenters. The van der Waals surface area contributed by atoms with Crippen LogP contribution in [0.25, 0.3) is 0 Å². The zero-order valence-electron chi connectivity index (χ0n) is 11.5. The molecule has 0 radical (unpaired) electrons. The van der Waals surface area contributed by atoms with Crippen molar-refractivity contribution in [1.82, 2.24) is 15.3 Å². The van der Waals surface area contributed by atoms with Gasteiger partial charge in [0.2, 0.25) is 5.88 Å². The first-order valence-electron chi connectivity index (χ1n) is 6.19. The maximum absolute atomic E-state index is 12.6. The van der Waals surface area contributed by atoms with E-state index in [1.807, 2.05) is 0 Å². The summed E-state index contributed by atoms with van der Waals surface area (Å²) >= 11 is 0. The van der Waals surface area contributed by atoms with Crippen LogP contribution in [-0.2, 0) is 9.84 Å². The minimum atomic E-state index is -3.27. The molecule has 0 aliphatic carbocycles. The topological polar surface area (TPSA) is 98.2 Å². The van der Waals surface area contributed by atoms with E-state index in [-0.39, 0.29) is 17.3 Å². The number of hydrogen-bond donors (Lipinski definition) is 1. The summed E-state index contributed by atoms with van der Waals surface area (Å²) in [7, 11) is -3.27. The third-order valence-electron chi connectivity index (χ3n) is 2.58. The Morgan fingerprint density at radius 2 is 2.18 bits per heavy atom. The van der Waals surface area contributed by atoms with Crippen molar-refractivity contribution in [1.29, 1.82) is 0 Å². The molecule has 10 heteroatoms. The second-order valence-corrected chi connectivity index (χ2v) is 6.77. The van der Waals surface area contributed by atoms with Crippen LogP contribution in [0.2, 0.25) is 0 Å². The normalized spacial score (nSPS) is 19.9. The number of halogens is 2. The maximum atomic E-state index is 12.6. The Hall–Kier alpha value is -2.10. The van der Waals surface area contributed by atoms with E-state index in [0.29, 0.717) is 6.92 Å². The van der Waals surface area contributed by atoms with Crippen molar-refractivity contribution in [2.45, 2.75) is 18.9 Å². The van der Waals surface area contributed by atoms with Gasteiger partial charge in [0.15, 0.2) is 16.4 Å². The molecular formula is C12H13F2N3O4S. The van der Waals surface area contributed by atoms with Gasteiger partial charge in [-0.15, -0.1) is 0 Å².